The highest BCUT2D eigenvalue weighted by Crippen LogP contribution is 2.46. The Morgan fingerprint density at radius 3 is 2.65 bits per heavy atom. The maximum Gasteiger partial charge on any atom is 0.145 e. The molecule has 0 saturated heterocycles. The van der Waals surface area contributed by atoms with E-state index in [1.54, 1.807) is 23.0 Å². The zero-order valence-electron chi connectivity index (χ0n) is 8.26. The minimum absolute atomic E-state index is 0.410. The number of anilines is 1. The molecule has 0 saturated carbocycles. The first-order valence-corrected chi connectivity index (χ1v) is 6.07. The molecule has 2 heterocycles. The molecule has 1 aliphatic rings. The number of nitrogens with two attached hydrogens (primary N) is 1. The first-order chi connectivity index (χ1) is 8.16. The summed E-state index contributed by atoms with van der Waals surface area (Å²) in [4.78, 5) is 0. The second-order valence-electron chi connectivity index (χ2n) is 3.34. The van der Waals surface area contributed by atoms with E-state index in [1.165, 1.54) is 0 Å². The van der Waals surface area contributed by atoms with Gasteiger partial charge < -0.3 is 5.73 Å². The molecule has 0 bridgehead atoms. The third-order valence-electron chi connectivity index (χ3n) is 2.26. The summed E-state index contributed by atoms with van der Waals surface area (Å²) in [7, 11) is 0. The molecule has 8 heteroatoms. The van der Waals surface area contributed by atoms with Gasteiger partial charge in [-0.1, -0.05) is 23.2 Å². The van der Waals surface area contributed by atoms with Gasteiger partial charge in [0.15, 0.2) is 0 Å². The van der Waals surface area contributed by atoms with Gasteiger partial charge in [0.25, 0.3) is 0 Å². The van der Waals surface area contributed by atoms with E-state index in [0.717, 1.165) is 11.4 Å². The summed E-state index contributed by atoms with van der Waals surface area (Å²) in [5.74, 6) is 0.410. The van der Waals surface area contributed by atoms with Crippen molar-refractivity contribution in [2.75, 3.05) is 5.73 Å². The summed E-state index contributed by atoms with van der Waals surface area (Å²) in [6.07, 6.45) is 1.71. The fourth-order valence-corrected chi connectivity index (χ4v) is 2.74. The largest absolute Gasteiger partial charge is 0.382 e. The highest BCUT2D eigenvalue weighted by atomic mass is 35.5. The van der Waals surface area contributed by atoms with Crippen molar-refractivity contribution in [2.45, 2.75) is 0 Å². The van der Waals surface area contributed by atoms with Gasteiger partial charge in [0, 0.05) is 12.3 Å². The monoisotopic (exact) mass is 285 g/mol. The van der Waals surface area contributed by atoms with Crippen LogP contribution in [0.1, 0.15) is 0 Å². The van der Waals surface area contributed by atoms with Gasteiger partial charge in [0.2, 0.25) is 0 Å². The van der Waals surface area contributed by atoms with Gasteiger partial charge in [-0.15, -0.1) is 0 Å². The quantitative estimate of drug-likeness (QED) is 0.744. The summed E-state index contributed by atoms with van der Waals surface area (Å²) in [5, 5.41) is 5.04. The van der Waals surface area contributed by atoms with Gasteiger partial charge in [-0.25, -0.2) is 4.68 Å². The van der Waals surface area contributed by atoms with Crippen LogP contribution in [-0.2, 0) is 11.4 Å². The lowest BCUT2D eigenvalue weighted by Gasteiger charge is -2.08. The lowest BCUT2D eigenvalue weighted by Crippen LogP contribution is -1.98. The van der Waals surface area contributed by atoms with Crippen LogP contribution in [0.4, 0.5) is 17.2 Å². The molecule has 2 N–H and O–H groups in total. The van der Waals surface area contributed by atoms with Crippen molar-refractivity contribution >= 4 is 51.7 Å². The summed E-state index contributed by atoms with van der Waals surface area (Å²) in [5.41, 5.74) is 7.45. The van der Waals surface area contributed by atoms with Crippen LogP contribution in [0.2, 0.25) is 10.0 Å². The Labute approximate surface area is 110 Å². The van der Waals surface area contributed by atoms with Crippen LogP contribution in [0.25, 0.3) is 5.69 Å². The number of hydrogen-bond donors (Lipinski definition) is 1. The number of rotatable bonds is 1. The van der Waals surface area contributed by atoms with E-state index in [2.05, 4.69) is 13.8 Å². The number of benzene rings is 1. The summed E-state index contributed by atoms with van der Waals surface area (Å²) < 4.78 is 9.87. The second-order valence-corrected chi connectivity index (χ2v) is 4.68. The fraction of sp³-hybridized carbons (Fsp3) is 0. The molecule has 0 unspecified atom stereocenters. The van der Waals surface area contributed by atoms with E-state index >= 15 is 0 Å². The average Bonchev–Trinajstić information content (AvgIpc) is 2.87. The minimum atomic E-state index is 0.410. The van der Waals surface area contributed by atoms with Gasteiger partial charge in [0.05, 0.1) is 21.4 Å². The minimum Gasteiger partial charge on any atom is -0.382 e. The predicted molar refractivity (Wildman–Crippen MR) is 69.5 cm³/mol. The second kappa shape index (κ2) is 3.83. The molecule has 0 fully saturated rings. The van der Waals surface area contributed by atoms with Crippen molar-refractivity contribution in [1.29, 1.82) is 0 Å². The number of aromatic nitrogens is 2. The lowest BCUT2D eigenvalue weighted by molar-refractivity contribution is 0.887. The van der Waals surface area contributed by atoms with Crippen LogP contribution >= 0.6 is 23.2 Å². The van der Waals surface area contributed by atoms with E-state index in [9.17, 15) is 0 Å². The molecule has 17 heavy (non-hydrogen) atoms. The van der Waals surface area contributed by atoms with Crippen molar-refractivity contribution in [3.8, 4) is 5.69 Å². The Bertz CT molecular complexity index is 687. The number of nitrogen functional groups attached to an aromatic ring is 1. The fourth-order valence-electron chi connectivity index (χ4n) is 1.54. The first kappa shape index (κ1) is 10.8. The Kier molecular flexibility index (Phi) is 2.43. The third-order valence-corrected chi connectivity index (χ3v) is 3.36. The van der Waals surface area contributed by atoms with Gasteiger partial charge in [-0.2, -0.15) is 13.8 Å². The summed E-state index contributed by atoms with van der Waals surface area (Å²) >= 11 is 13.3. The lowest BCUT2D eigenvalue weighted by atomic mass is 10.2. The Hall–Kier alpha value is -1.37. The molecule has 1 aliphatic heterocycles. The van der Waals surface area contributed by atoms with Crippen LogP contribution in [0.5, 0.6) is 0 Å². The molecule has 1 aromatic carbocycles. The molecule has 0 radical (unpaired) electrons. The summed E-state index contributed by atoms with van der Waals surface area (Å²) in [6, 6.07) is 3.30. The molecule has 5 nitrogen and oxygen atoms in total. The summed E-state index contributed by atoms with van der Waals surface area (Å²) in [6.45, 7) is 0. The normalized spacial score (nSPS) is 12.6. The van der Waals surface area contributed by atoms with Crippen LogP contribution in [0.3, 0.4) is 0 Å². The molecule has 0 spiro atoms. The molecule has 0 atom stereocenters. The van der Waals surface area contributed by atoms with Gasteiger partial charge in [-0.3, -0.25) is 0 Å². The van der Waals surface area contributed by atoms with Crippen molar-refractivity contribution in [3.05, 3.63) is 28.4 Å². The number of nitrogens with zero attached hydrogens (tertiary/aromatic N) is 4. The van der Waals surface area contributed by atoms with Crippen LogP contribution < -0.4 is 5.73 Å². The molecule has 0 aliphatic carbocycles. The van der Waals surface area contributed by atoms with E-state index in [0.29, 0.717) is 32.9 Å². The highest BCUT2D eigenvalue weighted by molar-refractivity contribution is 7.58. The Balaban J connectivity index is 2.31. The van der Waals surface area contributed by atoms with Crippen molar-refractivity contribution < 1.29 is 0 Å². The average molecular weight is 286 g/mol. The number of hydrogen-bond acceptors (Lipinski definition) is 4. The van der Waals surface area contributed by atoms with Gasteiger partial charge in [0.1, 0.15) is 22.9 Å². The topological polar surface area (TPSA) is 68.6 Å². The molecule has 0 amide bonds. The maximum absolute atomic E-state index is 6.16. The Morgan fingerprint density at radius 1 is 1.18 bits per heavy atom. The molecular formula is C9H5Cl2N5S. The first-order valence-electron chi connectivity index (χ1n) is 4.58. The SMILES string of the molecule is Nc1ccn(-c2c(Cl)cc(Cl)c3c2N=S=N3)n1. The van der Waals surface area contributed by atoms with E-state index in [4.69, 9.17) is 28.9 Å². The van der Waals surface area contributed by atoms with Gasteiger partial charge >= 0.3 is 0 Å². The van der Waals surface area contributed by atoms with Gasteiger partial charge in [-0.05, 0) is 6.07 Å². The van der Waals surface area contributed by atoms with Crippen LogP contribution in [0, 0.1) is 0 Å². The van der Waals surface area contributed by atoms with Crippen molar-refractivity contribution in [2.24, 2.45) is 8.73 Å². The number of halogens is 2. The molecular weight excluding hydrogens is 281 g/mol. The zero-order valence-corrected chi connectivity index (χ0v) is 10.6. The van der Waals surface area contributed by atoms with Crippen LogP contribution in [-0.4, -0.2) is 9.78 Å². The van der Waals surface area contributed by atoms with E-state index < -0.39 is 0 Å². The number of fused-ring (bicyclic) bond motifs is 1. The van der Waals surface area contributed by atoms with Crippen molar-refractivity contribution in [3.63, 3.8) is 0 Å². The zero-order chi connectivity index (χ0) is 12.0. The molecule has 3 rings (SSSR count). The smallest absolute Gasteiger partial charge is 0.145 e. The standard InChI is InChI=1S/C9H5Cl2N5S/c10-4-3-5(11)9(8-7(4)14-17-15-8)16-2-1-6(12)13-16/h1-3H,(H2,12,13). The van der Waals surface area contributed by atoms with E-state index in [1.807, 2.05) is 0 Å². The highest BCUT2D eigenvalue weighted by Gasteiger charge is 2.20. The molecule has 2 aromatic rings. The third kappa shape index (κ3) is 1.65. The maximum atomic E-state index is 6.16. The molecule has 86 valence electrons. The van der Waals surface area contributed by atoms with E-state index in [-0.39, 0.29) is 0 Å². The Morgan fingerprint density at radius 2 is 1.94 bits per heavy atom. The van der Waals surface area contributed by atoms with Crippen LogP contribution in [0.15, 0.2) is 27.1 Å². The predicted octanol–water partition coefficient (Wildman–Crippen LogP) is 3.49. The van der Waals surface area contributed by atoms with Crippen molar-refractivity contribution in [1.82, 2.24) is 9.78 Å². The molecule has 1 aromatic heterocycles.